The van der Waals surface area contributed by atoms with Crippen LogP contribution in [0.5, 0.6) is 0 Å². The van der Waals surface area contributed by atoms with Gasteiger partial charge in [0.1, 0.15) is 4.21 Å². The summed E-state index contributed by atoms with van der Waals surface area (Å²) in [7, 11) is -3.45. The molecule has 1 heterocycles. The predicted octanol–water partition coefficient (Wildman–Crippen LogP) is 4.33. The molecule has 0 bridgehead atoms. The summed E-state index contributed by atoms with van der Waals surface area (Å²) >= 11 is 10.6. The molecule has 0 saturated heterocycles. The first-order chi connectivity index (χ1) is 9.38. The van der Waals surface area contributed by atoms with Crippen LogP contribution in [0.3, 0.4) is 0 Å². The summed E-state index contributed by atoms with van der Waals surface area (Å²) in [6.07, 6.45) is 5.76. The highest BCUT2D eigenvalue weighted by molar-refractivity contribution is 9.09. The van der Waals surface area contributed by atoms with Crippen molar-refractivity contribution in [2.24, 2.45) is 5.41 Å². The standard InChI is InChI=1S/C13H19BrClNO2S2/c1-10-7-11(19-12(10)15)20(17,18)16-9-13(8-14)5-3-2-4-6-13/h7,16H,2-6,8-9H2,1H3. The smallest absolute Gasteiger partial charge is 0.210 e. The van der Waals surface area contributed by atoms with Crippen LogP contribution in [-0.4, -0.2) is 20.3 Å². The second kappa shape index (κ2) is 6.65. The fourth-order valence-corrected chi connectivity index (χ4v) is 6.21. The van der Waals surface area contributed by atoms with Crippen LogP contribution in [0.1, 0.15) is 37.7 Å². The van der Waals surface area contributed by atoms with Crippen molar-refractivity contribution in [3.05, 3.63) is 16.0 Å². The number of sulfonamides is 1. The maximum atomic E-state index is 12.3. The second-order valence-corrected chi connectivity index (χ2v) is 9.75. The van der Waals surface area contributed by atoms with Crippen LogP contribution >= 0.6 is 38.9 Å². The first kappa shape index (κ1) is 16.7. The van der Waals surface area contributed by atoms with Crippen LogP contribution < -0.4 is 4.72 Å². The summed E-state index contributed by atoms with van der Waals surface area (Å²) in [5, 5.41) is 0.840. The van der Waals surface area contributed by atoms with E-state index >= 15 is 0 Å². The Kier molecular flexibility index (Phi) is 5.57. The van der Waals surface area contributed by atoms with E-state index in [1.54, 1.807) is 6.07 Å². The highest BCUT2D eigenvalue weighted by atomic mass is 79.9. The van der Waals surface area contributed by atoms with Crippen LogP contribution in [0, 0.1) is 12.3 Å². The number of aryl methyl sites for hydroxylation is 1. The number of hydrogen-bond donors (Lipinski definition) is 1. The van der Waals surface area contributed by atoms with Gasteiger partial charge in [0.25, 0.3) is 0 Å². The maximum Gasteiger partial charge on any atom is 0.250 e. The predicted molar refractivity (Wildman–Crippen MR) is 88.6 cm³/mol. The van der Waals surface area contributed by atoms with E-state index in [-0.39, 0.29) is 5.41 Å². The van der Waals surface area contributed by atoms with Crippen molar-refractivity contribution in [3.8, 4) is 0 Å². The molecule has 0 aliphatic heterocycles. The van der Waals surface area contributed by atoms with E-state index in [2.05, 4.69) is 20.7 Å². The topological polar surface area (TPSA) is 46.2 Å². The summed E-state index contributed by atoms with van der Waals surface area (Å²) in [6, 6.07) is 1.64. The number of hydrogen-bond acceptors (Lipinski definition) is 3. The van der Waals surface area contributed by atoms with Crippen LogP contribution in [0.15, 0.2) is 10.3 Å². The summed E-state index contributed by atoms with van der Waals surface area (Å²) in [5.41, 5.74) is 0.867. The molecule has 3 nitrogen and oxygen atoms in total. The number of alkyl halides is 1. The van der Waals surface area contributed by atoms with Crippen LogP contribution in [0.25, 0.3) is 0 Å². The lowest BCUT2D eigenvalue weighted by molar-refractivity contribution is 0.227. The van der Waals surface area contributed by atoms with Gasteiger partial charge in [-0.3, -0.25) is 0 Å². The summed E-state index contributed by atoms with van der Waals surface area (Å²) < 4.78 is 28.3. The molecule has 0 unspecified atom stereocenters. The summed E-state index contributed by atoms with van der Waals surface area (Å²) in [6.45, 7) is 2.31. The molecule has 7 heteroatoms. The van der Waals surface area contributed by atoms with Crippen LogP contribution in [-0.2, 0) is 10.0 Å². The summed E-state index contributed by atoms with van der Waals surface area (Å²) in [4.78, 5) is 0. The van der Waals surface area contributed by atoms with Crippen LogP contribution in [0.4, 0.5) is 0 Å². The number of rotatable bonds is 5. The summed E-state index contributed by atoms with van der Waals surface area (Å²) in [5.74, 6) is 0. The molecule has 1 aromatic heterocycles. The third-order valence-corrected chi connectivity index (χ3v) is 8.55. The molecule has 0 spiro atoms. The Bertz CT molecular complexity index is 545. The Balaban J connectivity index is 2.08. The van der Waals surface area contributed by atoms with Gasteiger partial charge in [-0.05, 0) is 36.8 Å². The van der Waals surface area contributed by atoms with E-state index in [1.165, 1.54) is 19.3 Å². The highest BCUT2D eigenvalue weighted by Gasteiger charge is 2.32. The van der Waals surface area contributed by atoms with Gasteiger partial charge in [-0.25, -0.2) is 13.1 Å². The van der Waals surface area contributed by atoms with Crippen molar-refractivity contribution >= 4 is 48.9 Å². The fraction of sp³-hybridized carbons (Fsp3) is 0.692. The first-order valence-corrected chi connectivity index (χ1v) is 10.5. The minimum atomic E-state index is -3.45. The van der Waals surface area contributed by atoms with E-state index in [0.29, 0.717) is 15.1 Å². The fourth-order valence-electron chi connectivity index (χ4n) is 2.54. The highest BCUT2D eigenvalue weighted by Crippen LogP contribution is 2.38. The molecule has 1 aliphatic carbocycles. The Hall–Kier alpha value is 0.380. The van der Waals surface area contributed by atoms with Crippen molar-refractivity contribution in [1.82, 2.24) is 4.72 Å². The molecule has 1 saturated carbocycles. The average Bonchev–Trinajstić information content (AvgIpc) is 2.79. The van der Waals surface area contributed by atoms with Crippen molar-refractivity contribution in [2.75, 3.05) is 11.9 Å². The lowest BCUT2D eigenvalue weighted by atomic mass is 9.76. The van der Waals surface area contributed by atoms with Gasteiger partial charge in [-0.1, -0.05) is 46.8 Å². The third-order valence-electron chi connectivity index (χ3n) is 3.93. The number of thiophene rings is 1. The molecule has 0 aromatic carbocycles. The van der Waals surface area contributed by atoms with E-state index in [9.17, 15) is 8.42 Å². The minimum Gasteiger partial charge on any atom is -0.210 e. The minimum absolute atomic E-state index is 0.0570. The van der Waals surface area contributed by atoms with Gasteiger partial charge in [0.2, 0.25) is 10.0 Å². The quantitative estimate of drug-likeness (QED) is 0.748. The van der Waals surface area contributed by atoms with Gasteiger partial charge < -0.3 is 0 Å². The lowest BCUT2D eigenvalue weighted by Crippen LogP contribution is -2.39. The van der Waals surface area contributed by atoms with Crippen molar-refractivity contribution < 1.29 is 8.42 Å². The van der Waals surface area contributed by atoms with E-state index in [4.69, 9.17) is 11.6 Å². The molecule has 1 aliphatic rings. The van der Waals surface area contributed by atoms with Crippen molar-refractivity contribution in [2.45, 2.75) is 43.2 Å². The van der Waals surface area contributed by atoms with E-state index < -0.39 is 10.0 Å². The molecular weight excluding hydrogens is 382 g/mol. The number of halogens is 2. The normalized spacial score (nSPS) is 19.1. The molecule has 0 amide bonds. The second-order valence-electron chi connectivity index (χ2n) is 5.54. The van der Waals surface area contributed by atoms with Crippen molar-refractivity contribution in [1.29, 1.82) is 0 Å². The monoisotopic (exact) mass is 399 g/mol. The largest absolute Gasteiger partial charge is 0.250 e. The molecule has 114 valence electrons. The van der Waals surface area contributed by atoms with Crippen LogP contribution in [0.2, 0.25) is 4.34 Å². The first-order valence-electron chi connectivity index (χ1n) is 6.70. The Morgan fingerprint density at radius 2 is 2.05 bits per heavy atom. The maximum absolute atomic E-state index is 12.3. The SMILES string of the molecule is Cc1cc(S(=O)(=O)NCC2(CBr)CCCCC2)sc1Cl. The molecule has 1 fully saturated rings. The Morgan fingerprint density at radius 3 is 2.55 bits per heavy atom. The third kappa shape index (κ3) is 3.77. The van der Waals surface area contributed by atoms with Gasteiger partial charge in [-0.2, -0.15) is 0 Å². The Labute approximate surface area is 138 Å². The van der Waals surface area contributed by atoms with E-state index in [1.807, 2.05) is 6.92 Å². The molecule has 2 rings (SSSR count). The van der Waals surface area contributed by atoms with E-state index in [0.717, 1.165) is 35.1 Å². The van der Waals surface area contributed by atoms with Gasteiger partial charge in [0.15, 0.2) is 0 Å². The van der Waals surface area contributed by atoms with Gasteiger partial charge in [-0.15, -0.1) is 11.3 Å². The zero-order chi connectivity index (χ0) is 14.8. The lowest BCUT2D eigenvalue weighted by Gasteiger charge is -2.35. The average molecular weight is 401 g/mol. The van der Waals surface area contributed by atoms with Gasteiger partial charge in [0.05, 0.1) is 4.34 Å². The van der Waals surface area contributed by atoms with Gasteiger partial charge >= 0.3 is 0 Å². The zero-order valence-corrected chi connectivity index (χ0v) is 15.4. The Morgan fingerprint density at radius 1 is 1.40 bits per heavy atom. The number of nitrogens with one attached hydrogen (secondary N) is 1. The molecule has 0 radical (unpaired) electrons. The molecular formula is C13H19BrClNO2S2. The van der Waals surface area contributed by atoms with Crippen molar-refractivity contribution in [3.63, 3.8) is 0 Å². The molecule has 0 atom stereocenters. The molecule has 20 heavy (non-hydrogen) atoms. The zero-order valence-electron chi connectivity index (χ0n) is 11.4. The molecule has 1 N–H and O–H groups in total. The van der Waals surface area contributed by atoms with Gasteiger partial charge in [0, 0.05) is 11.9 Å². The molecule has 1 aromatic rings.